The fourth-order valence-corrected chi connectivity index (χ4v) is 2.58. The second-order valence-electron chi connectivity index (χ2n) is 6.13. The molecule has 2 atom stereocenters. The average molecular weight is 325 g/mol. The number of carbonyl (C=O) groups is 1. The predicted molar refractivity (Wildman–Crippen MR) is 98.4 cm³/mol. The van der Waals surface area contributed by atoms with Gasteiger partial charge in [0.2, 0.25) is 0 Å². The van der Waals surface area contributed by atoms with E-state index in [1.54, 1.807) is 6.92 Å². The van der Waals surface area contributed by atoms with Crippen molar-refractivity contribution in [1.82, 2.24) is 5.32 Å². The Labute approximate surface area is 145 Å². The third-order valence-corrected chi connectivity index (χ3v) is 4.29. The number of benzene rings is 2. The Morgan fingerprint density at radius 1 is 1.04 bits per heavy atom. The maximum absolute atomic E-state index is 12.3. The second kappa shape index (κ2) is 9.11. The molecule has 0 fully saturated rings. The van der Waals surface area contributed by atoms with Gasteiger partial charge < -0.3 is 10.1 Å². The topological polar surface area (TPSA) is 38.3 Å². The highest BCUT2D eigenvalue weighted by Gasteiger charge is 2.17. The first-order valence-corrected chi connectivity index (χ1v) is 8.69. The molecule has 0 saturated carbocycles. The van der Waals surface area contributed by atoms with Crippen molar-refractivity contribution in [3.8, 4) is 5.75 Å². The molecule has 0 aliphatic carbocycles. The van der Waals surface area contributed by atoms with Crippen LogP contribution >= 0.6 is 0 Å². The summed E-state index contributed by atoms with van der Waals surface area (Å²) < 4.78 is 5.92. The summed E-state index contributed by atoms with van der Waals surface area (Å²) in [5.74, 6) is 1.14. The Morgan fingerprint density at radius 2 is 1.71 bits per heavy atom. The quantitative estimate of drug-likeness (QED) is 0.784. The molecule has 1 amide bonds. The number of amides is 1. The molecule has 0 spiro atoms. The van der Waals surface area contributed by atoms with Gasteiger partial charge in [-0.3, -0.25) is 4.79 Å². The maximum atomic E-state index is 12.3. The molecular weight excluding hydrogens is 298 g/mol. The van der Waals surface area contributed by atoms with Crippen molar-refractivity contribution in [3.63, 3.8) is 0 Å². The van der Waals surface area contributed by atoms with Crippen molar-refractivity contribution in [3.05, 3.63) is 65.7 Å². The summed E-state index contributed by atoms with van der Waals surface area (Å²) in [6, 6.07) is 18.1. The number of para-hydroxylation sites is 1. The van der Waals surface area contributed by atoms with E-state index in [1.165, 1.54) is 5.56 Å². The summed E-state index contributed by atoms with van der Waals surface area (Å²) in [5, 5.41) is 2.95. The Bertz CT molecular complexity index is 639. The van der Waals surface area contributed by atoms with Gasteiger partial charge in [-0.25, -0.2) is 0 Å². The fraction of sp³-hybridized carbons (Fsp3) is 0.381. The van der Waals surface area contributed by atoms with Gasteiger partial charge in [0.25, 0.3) is 5.91 Å². The van der Waals surface area contributed by atoms with E-state index in [-0.39, 0.29) is 5.91 Å². The Morgan fingerprint density at radius 3 is 2.42 bits per heavy atom. The summed E-state index contributed by atoms with van der Waals surface area (Å²) in [4.78, 5) is 12.3. The number of nitrogens with one attached hydrogen (secondary N) is 1. The maximum Gasteiger partial charge on any atom is 0.260 e. The van der Waals surface area contributed by atoms with Crippen LogP contribution in [0.25, 0.3) is 0 Å². The first-order valence-electron chi connectivity index (χ1n) is 8.69. The van der Waals surface area contributed by atoms with Crippen molar-refractivity contribution in [2.45, 2.75) is 45.6 Å². The standard InChI is InChI=1S/C21H27NO2/c1-4-16(2)19-12-8-9-13-20(19)24-17(3)21(23)22-15-14-18-10-6-5-7-11-18/h5-13,16-17H,4,14-15H2,1-3H3,(H,22,23). The Hall–Kier alpha value is -2.29. The zero-order chi connectivity index (χ0) is 17.4. The number of hydrogen-bond donors (Lipinski definition) is 1. The van der Waals surface area contributed by atoms with E-state index < -0.39 is 6.10 Å². The van der Waals surface area contributed by atoms with Gasteiger partial charge in [0.1, 0.15) is 5.75 Å². The largest absolute Gasteiger partial charge is 0.481 e. The highest BCUT2D eigenvalue weighted by atomic mass is 16.5. The van der Waals surface area contributed by atoms with Crippen LogP contribution < -0.4 is 10.1 Å². The van der Waals surface area contributed by atoms with Crippen molar-refractivity contribution < 1.29 is 9.53 Å². The van der Waals surface area contributed by atoms with Crippen LogP contribution in [-0.4, -0.2) is 18.6 Å². The van der Waals surface area contributed by atoms with Crippen LogP contribution in [-0.2, 0) is 11.2 Å². The van der Waals surface area contributed by atoms with E-state index in [1.807, 2.05) is 36.4 Å². The molecule has 2 aromatic carbocycles. The summed E-state index contributed by atoms with van der Waals surface area (Å²) in [5.41, 5.74) is 2.37. The van der Waals surface area contributed by atoms with E-state index in [0.29, 0.717) is 12.5 Å². The van der Waals surface area contributed by atoms with Gasteiger partial charge in [0.15, 0.2) is 6.10 Å². The van der Waals surface area contributed by atoms with Gasteiger partial charge >= 0.3 is 0 Å². The van der Waals surface area contributed by atoms with Crippen LogP contribution in [0.15, 0.2) is 54.6 Å². The molecule has 0 radical (unpaired) electrons. The lowest BCUT2D eigenvalue weighted by Crippen LogP contribution is -2.37. The van der Waals surface area contributed by atoms with E-state index in [4.69, 9.17) is 4.74 Å². The fourth-order valence-electron chi connectivity index (χ4n) is 2.58. The molecule has 0 aliphatic rings. The lowest BCUT2D eigenvalue weighted by Gasteiger charge is -2.19. The van der Waals surface area contributed by atoms with E-state index >= 15 is 0 Å². The minimum Gasteiger partial charge on any atom is -0.481 e. The number of hydrogen-bond acceptors (Lipinski definition) is 2. The molecule has 2 rings (SSSR count). The van der Waals surface area contributed by atoms with Crippen LogP contribution in [0.2, 0.25) is 0 Å². The Kier molecular flexibility index (Phi) is 6.86. The molecule has 3 nitrogen and oxygen atoms in total. The molecule has 2 unspecified atom stereocenters. The van der Waals surface area contributed by atoms with Gasteiger partial charge in [-0.1, -0.05) is 62.4 Å². The van der Waals surface area contributed by atoms with Crippen molar-refractivity contribution in [1.29, 1.82) is 0 Å². The first kappa shape index (κ1) is 18.1. The molecule has 0 aliphatic heterocycles. The molecule has 0 aromatic heterocycles. The summed E-state index contributed by atoms with van der Waals surface area (Å²) in [6.07, 6.45) is 1.35. The monoisotopic (exact) mass is 325 g/mol. The third-order valence-electron chi connectivity index (χ3n) is 4.29. The molecule has 0 heterocycles. The van der Waals surface area contributed by atoms with Gasteiger partial charge in [-0.2, -0.15) is 0 Å². The van der Waals surface area contributed by atoms with Crippen LogP contribution in [0.5, 0.6) is 5.75 Å². The van der Waals surface area contributed by atoms with E-state index in [2.05, 4.69) is 37.4 Å². The van der Waals surface area contributed by atoms with Crippen LogP contribution in [0.4, 0.5) is 0 Å². The normalized spacial score (nSPS) is 13.1. The van der Waals surface area contributed by atoms with Crippen molar-refractivity contribution in [2.24, 2.45) is 0 Å². The van der Waals surface area contributed by atoms with Gasteiger partial charge in [-0.05, 0) is 42.9 Å². The SMILES string of the molecule is CCC(C)c1ccccc1OC(C)C(=O)NCCc1ccccc1. The van der Waals surface area contributed by atoms with Crippen LogP contribution in [0, 0.1) is 0 Å². The lowest BCUT2D eigenvalue weighted by molar-refractivity contribution is -0.127. The van der Waals surface area contributed by atoms with E-state index in [9.17, 15) is 4.79 Å². The number of carbonyl (C=O) groups excluding carboxylic acids is 1. The minimum atomic E-state index is -0.508. The number of rotatable bonds is 8. The molecule has 24 heavy (non-hydrogen) atoms. The molecule has 0 saturated heterocycles. The van der Waals surface area contributed by atoms with Gasteiger partial charge in [0, 0.05) is 6.54 Å². The second-order valence-corrected chi connectivity index (χ2v) is 6.13. The molecule has 1 N–H and O–H groups in total. The van der Waals surface area contributed by atoms with E-state index in [0.717, 1.165) is 24.2 Å². The molecule has 128 valence electrons. The van der Waals surface area contributed by atoms with Crippen molar-refractivity contribution >= 4 is 5.91 Å². The first-order chi connectivity index (χ1) is 11.6. The van der Waals surface area contributed by atoms with Gasteiger partial charge in [-0.15, -0.1) is 0 Å². The van der Waals surface area contributed by atoms with Crippen LogP contribution in [0.1, 0.15) is 44.2 Å². The average Bonchev–Trinajstić information content (AvgIpc) is 2.62. The zero-order valence-electron chi connectivity index (χ0n) is 14.8. The zero-order valence-corrected chi connectivity index (χ0v) is 14.8. The summed E-state index contributed by atoms with van der Waals surface area (Å²) in [7, 11) is 0. The third kappa shape index (κ3) is 5.12. The molecule has 3 heteroatoms. The van der Waals surface area contributed by atoms with Crippen LogP contribution in [0.3, 0.4) is 0 Å². The highest BCUT2D eigenvalue weighted by molar-refractivity contribution is 5.80. The number of ether oxygens (including phenoxy) is 1. The minimum absolute atomic E-state index is 0.0788. The lowest BCUT2D eigenvalue weighted by atomic mass is 9.98. The smallest absolute Gasteiger partial charge is 0.260 e. The molecule has 0 bridgehead atoms. The van der Waals surface area contributed by atoms with Crippen molar-refractivity contribution in [2.75, 3.05) is 6.54 Å². The predicted octanol–water partition coefficient (Wildman–Crippen LogP) is 4.33. The summed E-state index contributed by atoms with van der Waals surface area (Å²) >= 11 is 0. The summed E-state index contributed by atoms with van der Waals surface area (Å²) in [6.45, 7) is 6.74. The highest BCUT2D eigenvalue weighted by Crippen LogP contribution is 2.29. The Balaban J connectivity index is 1.88. The molecule has 2 aromatic rings. The van der Waals surface area contributed by atoms with Gasteiger partial charge in [0.05, 0.1) is 0 Å². The molecular formula is C21H27NO2.